The Hall–Kier alpha value is -5.59. The first-order chi connectivity index (χ1) is 31.4. The second-order valence-electron chi connectivity index (χ2n) is 19.6. The number of ether oxygens (including phenoxy) is 3. The van der Waals surface area contributed by atoms with Crippen molar-refractivity contribution in [2.45, 2.75) is 153 Å². The summed E-state index contributed by atoms with van der Waals surface area (Å²) >= 11 is 0. The van der Waals surface area contributed by atoms with E-state index in [1.54, 1.807) is 63.2 Å². The molecule has 3 aromatic rings. The van der Waals surface area contributed by atoms with Crippen LogP contribution in [0, 0.1) is 17.8 Å². The number of sulfonamides is 1. The molecule has 2 aliphatic carbocycles. The molecule has 4 heterocycles. The Kier molecular flexibility index (Phi) is 13.4. The summed E-state index contributed by atoms with van der Waals surface area (Å²) in [5.74, 6) is -4.51. The van der Waals surface area contributed by atoms with Crippen LogP contribution < -0.4 is 24.2 Å². The molecule has 4 amide bonds. The molecule has 16 nitrogen and oxygen atoms in total. The number of carbonyl (C=O) groups is 4. The predicted octanol–water partition coefficient (Wildman–Crippen LogP) is 7.46. The lowest BCUT2D eigenvalue weighted by Gasteiger charge is -2.42. The molecule has 2 saturated carbocycles. The van der Waals surface area contributed by atoms with Crippen molar-refractivity contribution < 1.29 is 55.7 Å². The maximum absolute atomic E-state index is 18.1. The van der Waals surface area contributed by atoms with Crippen molar-refractivity contribution >= 4 is 44.6 Å². The molecule has 0 spiro atoms. The van der Waals surface area contributed by atoms with E-state index >= 15 is 13.6 Å². The number of methoxy groups -OCH3 is 1. The van der Waals surface area contributed by atoms with E-state index < -0.39 is 92.2 Å². The van der Waals surface area contributed by atoms with Crippen LogP contribution in [-0.2, 0) is 24.4 Å². The summed E-state index contributed by atoms with van der Waals surface area (Å²) in [5.41, 5.74) is -4.03. The van der Waals surface area contributed by atoms with Crippen LogP contribution in [0.15, 0.2) is 54.7 Å². The highest BCUT2D eigenvalue weighted by atomic mass is 32.2. The van der Waals surface area contributed by atoms with Crippen molar-refractivity contribution in [2.24, 2.45) is 17.8 Å². The van der Waals surface area contributed by atoms with Gasteiger partial charge in [0, 0.05) is 23.8 Å². The number of nitrogens with zero attached hydrogens (tertiary/aromatic N) is 4. The fourth-order valence-corrected chi connectivity index (χ4v) is 10.7. The number of fused-ring (bicyclic) bond motifs is 3. The van der Waals surface area contributed by atoms with Crippen LogP contribution in [0.5, 0.6) is 17.4 Å². The van der Waals surface area contributed by atoms with Crippen LogP contribution in [0.25, 0.3) is 22.2 Å². The molecule has 8 atom stereocenters. The average molecular weight is 953 g/mol. The van der Waals surface area contributed by atoms with E-state index in [0.29, 0.717) is 48.3 Å². The van der Waals surface area contributed by atoms with Crippen LogP contribution in [0.3, 0.4) is 0 Å². The number of halogens is 2. The van der Waals surface area contributed by atoms with Gasteiger partial charge >= 0.3 is 12.1 Å². The first-order valence-corrected chi connectivity index (χ1v) is 24.5. The number of carboxylic acid groups (broad SMARTS) is 1. The minimum atomic E-state index is -4.35. The van der Waals surface area contributed by atoms with Gasteiger partial charge in [0.15, 0.2) is 5.60 Å². The number of carbonyl (C=O) groups excluding carboxylic acids is 3. The van der Waals surface area contributed by atoms with E-state index in [2.05, 4.69) is 15.0 Å². The summed E-state index contributed by atoms with van der Waals surface area (Å²) in [6.07, 6.45) is 4.75. The Morgan fingerprint density at radius 3 is 2.36 bits per heavy atom. The molecule has 0 radical (unpaired) electrons. The number of nitrogens with one attached hydrogen (secondary N) is 2. The third-order valence-electron chi connectivity index (χ3n) is 14.0. The van der Waals surface area contributed by atoms with Crippen LogP contribution >= 0.6 is 0 Å². The van der Waals surface area contributed by atoms with Crippen LogP contribution in [0.2, 0.25) is 0 Å². The first-order valence-electron chi connectivity index (χ1n) is 23.0. The minimum absolute atomic E-state index is 0.0427. The van der Waals surface area contributed by atoms with Crippen LogP contribution in [0.1, 0.15) is 107 Å². The second-order valence-corrected chi connectivity index (χ2v) is 21.8. The third kappa shape index (κ3) is 9.36. The zero-order valence-corrected chi connectivity index (χ0v) is 40.3. The van der Waals surface area contributed by atoms with Gasteiger partial charge < -0.3 is 24.6 Å². The normalized spacial score (nSPS) is 29.0. The molecule has 2 aliphatic heterocycles. The monoisotopic (exact) mass is 952 g/mol. The fraction of sp³-hybridized carbons (Fsp3) is 0.583. The van der Waals surface area contributed by atoms with E-state index in [1.165, 1.54) is 20.2 Å². The molecule has 1 saturated heterocycles. The molecule has 3 N–H and O–H groups in total. The van der Waals surface area contributed by atoms with Crippen molar-refractivity contribution in [1.29, 1.82) is 0 Å². The molecule has 7 rings (SSSR count). The van der Waals surface area contributed by atoms with Gasteiger partial charge in [-0.1, -0.05) is 32.9 Å². The van der Waals surface area contributed by atoms with Crippen LogP contribution in [-0.4, -0.2) is 110 Å². The van der Waals surface area contributed by atoms with Crippen LogP contribution in [0.4, 0.5) is 13.6 Å². The topological polar surface area (TPSA) is 207 Å². The third-order valence-corrected chi connectivity index (χ3v) is 16.2. The summed E-state index contributed by atoms with van der Waals surface area (Å²) < 4.78 is 81.5. The predicted molar refractivity (Wildman–Crippen MR) is 245 cm³/mol. The Bertz CT molecular complexity index is 2560. The highest BCUT2D eigenvalue weighted by Gasteiger charge is 2.71. The number of rotatable bonds is 12. The van der Waals surface area contributed by atoms with E-state index in [-0.39, 0.29) is 53.1 Å². The van der Waals surface area contributed by atoms with Gasteiger partial charge in [-0.3, -0.25) is 33.9 Å². The molecule has 364 valence electrons. The minimum Gasteiger partial charge on any atom is -0.497 e. The van der Waals surface area contributed by atoms with Gasteiger partial charge in [-0.2, -0.15) is 8.78 Å². The number of pyridine rings is 2. The molecule has 3 fully saturated rings. The zero-order chi connectivity index (χ0) is 49.0. The van der Waals surface area contributed by atoms with E-state index in [9.17, 15) is 27.9 Å². The standard InChI is InChI=1S/C48H62F2N6O10S/c1-10-30(6)55(44(60)61)39-29(5)21-28(4)13-11-12-14-32-24-47(32,43(59)54-67(62,63)45(7)19-20-45)53-40(57)38-25-46(8,48(49,50)56(38)42(39)58)66-41-35-17-15-33(64-9)22-31(35)23-37(52-41)36-18-16-34(26-51-36)65-27(2)3/h12,14-18,22-23,26-30,32,38-39H,10-11,13,19-21,24-25H2,1-9H3,(H,53,57)(H,54,59)(H,60,61)/b14-12-/t28-,29+,30?,32+,38-,39-,46+,47+/m0/s1. The van der Waals surface area contributed by atoms with Gasteiger partial charge in [0.1, 0.15) is 29.1 Å². The Morgan fingerprint density at radius 1 is 1.04 bits per heavy atom. The number of hydrogen-bond donors (Lipinski definition) is 3. The summed E-state index contributed by atoms with van der Waals surface area (Å²) in [7, 11) is -2.72. The summed E-state index contributed by atoms with van der Waals surface area (Å²) in [6, 6.07) is 0.968. The van der Waals surface area contributed by atoms with Crippen molar-refractivity contribution in [3.8, 4) is 28.8 Å². The van der Waals surface area contributed by atoms with Gasteiger partial charge in [-0.25, -0.2) is 18.2 Å². The zero-order valence-electron chi connectivity index (χ0n) is 39.5. The van der Waals surface area contributed by atoms with E-state index in [4.69, 9.17) is 19.2 Å². The van der Waals surface area contributed by atoms with Gasteiger partial charge in [0.05, 0.1) is 35.5 Å². The van der Waals surface area contributed by atoms with Gasteiger partial charge in [0.2, 0.25) is 21.8 Å². The number of amides is 4. The number of allylic oxidation sites excluding steroid dienone is 1. The molecule has 4 aliphatic rings. The lowest BCUT2D eigenvalue weighted by molar-refractivity contribution is -0.219. The smallest absolute Gasteiger partial charge is 0.408 e. The van der Waals surface area contributed by atoms with E-state index in [0.717, 1.165) is 11.8 Å². The Balaban J connectivity index is 1.36. The Labute approximate surface area is 390 Å². The Morgan fingerprint density at radius 2 is 1.75 bits per heavy atom. The highest BCUT2D eigenvalue weighted by Crippen LogP contribution is 2.52. The van der Waals surface area contributed by atoms with Gasteiger partial charge in [0.25, 0.3) is 11.8 Å². The SMILES string of the molecule is CCC(C)N(C(=O)O)[C@@H]1C(=O)N2[C@@H](C[C@@](C)(Oc3nc(-c4ccc(OC(C)C)cn4)cc4cc(OC)ccc34)C2(F)F)C(=O)N[C@]2(C(=O)NS(=O)(=O)C3(C)CC3)C[C@H]2/C=C\CC[C@H](C)C[C@H]1C. The van der Waals surface area contributed by atoms with Crippen molar-refractivity contribution in [3.63, 3.8) is 0 Å². The van der Waals surface area contributed by atoms with Gasteiger partial charge in [-0.05, 0) is 133 Å². The molecule has 1 unspecified atom stereocenters. The maximum atomic E-state index is 18.1. The summed E-state index contributed by atoms with van der Waals surface area (Å²) in [5, 5.41) is 14.1. The highest BCUT2D eigenvalue weighted by molar-refractivity contribution is 7.91. The summed E-state index contributed by atoms with van der Waals surface area (Å²) in [6.45, 7) is 13.2. The quantitative estimate of drug-likeness (QED) is 0.120. The summed E-state index contributed by atoms with van der Waals surface area (Å²) in [4.78, 5) is 67.8. The number of aromatic nitrogens is 2. The maximum Gasteiger partial charge on any atom is 0.408 e. The molecule has 0 bridgehead atoms. The molecule has 67 heavy (non-hydrogen) atoms. The second kappa shape index (κ2) is 18.1. The number of alkyl halides is 2. The number of hydrogen-bond acceptors (Lipinski definition) is 11. The molecular formula is C48H62F2N6O10S. The lowest BCUT2D eigenvalue weighted by Crippen LogP contribution is -2.64. The first kappa shape index (κ1) is 49.3. The fourth-order valence-electron chi connectivity index (χ4n) is 9.41. The number of benzene rings is 1. The van der Waals surface area contributed by atoms with Crippen molar-refractivity contribution in [2.75, 3.05) is 7.11 Å². The van der Waals surface area contributed by atoms with E-state index in [1.807, 2.05) is 26.8 Å². The average Bonchev–Trinajstić information content (AvgIpc) is 4.17. The lowest BCUT2D eigenvalue weighted by atomic mass is 9.86. The van der Waals surface area contributed by atoms with Crippen molar-refractivity contribution in [3.05, 3.63) is 54.7 Å². The molecule has 19 heteroatoms. The largest absolute Gasteiger partial charge is 0.497 e. The molecule has 1 aromatic carbocycles. The van der Waals surface area contributed by atoms with Gasteiger partial charge in [-0.15, -0.1) is 0 Å². The van der Waals surface area contributed by atoms with Crippen molar-refractivity contribution in [1.82, 2.24) is 29.8 Å². The molecule has 2 aromatic heterocycles. The molecular weight excluding hydrogens is 891 g/mol.